The van der Waals surface area contributed by atoms with Gasteiger partial charge in [0.15, 0.2) is 0 Å². The normalized spacial score (nSPS) is 20.1. The lowest BCUT2D eigenvalue weighted by atomic mass is 9.67. The molecule has 0 aliphatic heterocycles. The molecule has 2 aliphatic rings. The number of benzene rings is 1. The van der Waals surface area contributed by atoms with Crippen molar-refractivity contribution < 1.29 is 19.4 Å². The first-order chi connectivity index (χ1) is 13.1. The van der Waals surface area contributed by atoms with Crippen LogP contribution in [0.2, 0.25) is 0 Å². The average Bonchev–Trinajstić information content (AvgIpc) is 2.67. The minimum Gasteiger partial charge on any atom is -0.565 e. The van der Waals surface area contributed by atoms with Gasteiger partial charge in [0.1, 0.15) is 18.8 Å². The Bertz CT molecular complexity index is 641. The lowest BCUT2D eigenvalue weighted by molar-refractivity contribution is -0.140. The predicted octanol–water partition coefficient (Wildman–Crippen LogP) is 4.85. The molecule has 1 atom stereocenters. The zero-order valence-electron chi connectivity index (χ0n) is 16.5. The molecule has 1 saturated carbocycles. The highest BCUT2D eigenvalue weighted by molar-refractivity contribution is 5.67. The van der Waals surface area contributed by atoms with Crippen LogP contribution in [0.15, 0.2) is 35.9 Å². The summed E-state index contributed by atoms with van der Waals surface area (Å²) in [5, 5.41) is 7.19. The van der Waals surface area contributed by atoms with E-state index in [-0.39, 0.29) is 12.5 Å². The van der Waals surface area contributed by atoms with Crippen molar-refractivity contribution in [3.63, 3.8) is 0 Å². The van der Waals surface area contributed by atoms with E-state index in [1.807, 2.05) is 31.2 Å². The van der Waals surface area contributed by atoms with Gasteiger partial charge in [0.25, 0.3) is 0 Å². The number of allylic oxidation sites excluding steroid dienone is 1. The molecular formula is C23H33O4+. The van der Waals surface area contributed by atoms with Crippen LogP contribution in [0.4, 0.5) is 0 Å². The van der Waals surface area contributed by atoms with Crippen LogP contribution in [0.1, 0.15) is 76.4 Å². The topological polar surface area (TPSA) is 58.4 Å². The Morgan fingerprint density at radius 3 is 2.48 bits per heavy atom. The highest BCUT2D eigenvalue weighted by Crippen LogP contribution is 2.45. The Balaban J connectivity index is 1.59. The summed E-state index contributed by atoms with van der Waals surface area (Å²) in [6, 6.07) is 7.76. The van der Waals surface area contributed by atoms with Gasteiger partial charge in [0, 0.05) is 11.4 Å². The van der Waals surface area contributed by atoms with E-state index in [9.17, 15) is 4.79 Å². The molecule has 4 nitrogen and oxygen atoms in total. The largest absolute Gasteiger partial charge is 0.565 e. The molecule has 27 heavy (non-hydrogen) atoms. The maximum atomic E-state index is 11.1. The van der Waals surface area contributed by atoms with Crippen LogP contribution in [-0.4, -0.2) is 24.3 Å². The standard InChI is InChI=1S/C23H32O4/c1-2-26-21(15-22(24)25)19-8-10-20(11-9-19)27-17-18-7-6-14-23(16-18)12-4-3-5-13-23/h8-11,16,21H,2-7,12-15,17H2,1H3,(H,24,25)/p+1. The zero-order valence-corrected chi connectivity index (χ0v) is 16.5. The van der Waals surface area contributed by atoms with E-state index in [1.165, 1.54) is 50.5 Å². The monoisotopic (exact) mass is 373 g/mol. The van der Waals surface area contributed by atoms with Crippen LogP contribution in [0.3, 0.4) is 0 Å². The molecular weight excluding hydrogens is 340 g/mol. The van der Waals surface area contributed by atoms with E-state index in [2.05, 4.69) is 6.08 Å². The number of hydrogen-bond donors (Lipinski definition) is 0. The molecule has 0 bridgehead atoms. The van der Waals surface area contributed by atoms with Gasteiger partial charge in [-0.15, -0.1) is 0 Å². The molecule has 1 fully saturated rings. The molecule has 2 aliphatic carbocycles. The molecule has 0 saturated heterocycles. The van der Waals surface area contributed by atoms with Gasteiger partial charge < -0.3 is 14.6 Å². The molecule has 1 aromatic carbocycles. The molecule has 1 unspecified atom stereocenters. The fourth-order valence-corrected chi connectivity index (χ4v) is 4.61. The van der Waals surface area contributed by atoms with Gasteiger partial charge in [-0.1, -0.05) is 37.5 Å². The number of carbonyl (C=O) groups is 1. The second-order valence-corrected chi connectivity index (χ2v) is 8.01. The molecule has 4 heteroatoms. The zero-order chi connectivity index (χ0) is 19.1. The van der Waals surface area contributed by atoms with E-state index in [0.29, 0.717) is 18.6 Å². The van der Waals surface area contributed by atoms with Gasteiger partial charge in [-0.2, -0.15) is 0 Å². The first kappa shape index (κ1) is 19.9. The SMILES string of the molecule is CCOC(CC(=O)[OH2+])c1ccc(OCC2=CC3(CCCCC3)CCC2)cc1. The summed E-state index contributed by atoms with van der Waals surface area (Å²) < 4.78 is 11.6. The third kappa shape index (κ3) is 5.58. The van der Waals surface area contributed by atoms with Crippen molar-refractivity contribution in [1.29, 1.82) is 0 Å². The molecule has 148 valence electrons. The van der Waals surface area contributed by atoms with Gasteiger partial charge in [0.05, 0.1) is 6.10 Å². The van der Waals surface area contributed by atoms with Crippen molar-refractivity contribution in [3.05, 3.63) is 41.5 Å². The molecule has 0 heterocycles. The smallest absolute Gasteiger partial charge is 0.518 e. The number of rotatable bonds is 8. The Hall–Kier alpha value is -1.81. The predicted molar refractivity (Wildman–Crippen MR) is 107 cm³/mol. The summed E-state index contributed by atoms with van der Waals surface area (Å²) in [5.41, 5.74) is 2.81. The lowest BCUT2D eigenvalue weighted by Gasteiger charge is -2.38. The van der Waals surface area contributed by atoms with E-state index >= 15 is 0 Å². The van der Waals surface area contributed by atoms with Gasteiger partial charge in [-0.3, -0.25) is 0 Å². The Morgan fingerprint density at radius 2 is 1.81 bits per heavy atom. The van der Waals surface area contributed by atoms with E-state index in [1.54, 1.807) is 0 Å². The summed E-state index contributed by atoms with van der Waals surface area (Å²) >= 11 is 0. The molecule has 2 N–H and O–H groups in total. The maximum Gasteiger partial charge on any atom is 0.518 e. The van der Waals surface area contributed by atoms with Crippen LogP contribution in [0, 0.1) is 5.41 Å². The highest BCUT2D eigenvalue weighted by Gasteiger charge is 2.32. The maximum absolute atomic E-state index is 11.1. The second kappa shape index (κ2) is 9.41. The van der Waals surface area contributed by atoms with Crippen LogP contribution in [0.25, 0.3) is 0 Å². The van der Waals surface area contributed by atoms with Crippen molar-refractivity contribution in [2.24, 2.45) is 5.41 Å². The van der Waals surface area contributed by atoms with Crippen molar-refractivity contribution in [2.75, 3.05) is 13.2 Å². The first-order valence-electron chi connectivity index (χ1n) is 10.4. The Labute approximate surface area is 162 Å². The highest BCUT2D eigenvalue weighted by atomic mass is 16.5. The number of hydrogen-bond acceptors (Lipinski definition) is 3. The van der Waals surface area contributed by atoms with Gasteiger partial charge >= 0.3 is 5.97 Å². The molecule has 1 aromatic rings. The third-order valence-corrected chi connectivity index (χ3v) is 5.95. The van der Waals surface area contributed by atoms with Crippen LogP contribution in [0.5, 0.6) is 5.75 Å². The first-order valence-corrected chi connectivity index (χ1v) is 10.4. The lowest BCUT2D eigenvalue weighted by Crippen LogP contribution is -2.25. The number of carbonyl (C=O) groups excluding carboxylic acids is 1. The molecule has 1 spiro atoms. The summed E-state index contributed by atoms with van der Waals surface area (Å²) in [6.07, 6.45) is 12.9. The van der Waals surface area contributed by atoms with Gasteiger partial charge in [-0.25, -0.2) is 0 Å². The molecule has 0 radical (unpaired) electrons. The molecule has 0 aromatic heterocycles. The molecule has 3 rings (SSSR count). The van der Waals surface area contributed by atoms with Crippen molar-refractivity contribution in [3.8, 4) is 5.75 Å². The molecule has 0 amide bonds. The van der Waals surface area contributed by atoms with Crippen LogP contribution in [-0.2, 0) is 9.53 Å². The minimum atomic E-state index is -0.602. The third-order valence-electron chi connectivity index (χ3n) is 5.95. The van der Waals surface area contributed by atoms with Crippen molar-refractivity contribution in [1.82, 2.24) is 0 Å². The van der Waals surface area contributed by atoms with Crippen LogP contribution < -0.4 is 4.74 Å². The van der Waals surface area contributed by atoms with Gasteiger partial charge in [-0.05, 0) is 67.7 Å². The number of ether oxygens (including phenoxy) is 2. The summed E-state index contributed by atoms with van der Waals surface area (Å²) in [6.45, 7) is 3.09. The Morgan fingerprint density at radius 1 is 1.11 bits per heavy atom. The van der Waals surface area contributed by atoms with Crippen molar-refractivity contribution in [2.45, 2.75) is 70.8 Å². The van der Waals surface area contributed by atoms with Crippen molar-refractivity contribution >= 4 is 5.97 Å². The summed E-state index contributed by atoms with van der Waals surface area (Å²) in [7, 11) is 0. The fourth-order valence-electron chi connectivity index (χ4n) is 4.61. The Kier molecular flexibility index (Phi) is 6.95. The second-order valence-electron chi connectivity index (χ2n) is 8.01. The fraction of sp³-hybridized carbons (Fsp3) is 0.609. The van der Waals surface area contributed by atoms with Gasteiger partial charge in [0.2, 0.25) is 0 Å². The quantitative estimate of drug-likeness (QED) is 0.484. The minimum absolute atomic E-state index is 0.0863. The van der Waals surface area contributed by atoms with E-state index < -0.39 is 5.97 Å². The van der Waals surface area contributed by atoms with Crippen LogP contribution >= 0.6 is 0 Å². The average molecular weight is 374 g/mol. The van der Waals surface area contributed by atoms with E-state index in [4.69, 9.17) is 14.6 Å². The van der Waals surface area contributed by atoms with E-state index in [0.717, 1.165) is 17.7 Å². The summed E-state index contributed by atoms with van der Waals surface area (Å²) in [5.74, 6) is 0.241. The summed E-state index contributed by atoms with van der Waals surface area (Å²) in [4.78, 5) is 11.1.